The second-order valence-corrected chi connectivity index (χ2v) is 8.86. The molecule has 0 unspecified atom stereocenters. The topological polar surface area (TPSA) is 23.5 Å². The molecule has 0 bridgehead atoms. The Balaban J connectivity index is 2.79. The summed E-state index contributed by atoms with van der Waals surface area (Å²) in [6.45, 7) is 18.5. The molecular formula is C18H29NO. The minimum absolute atomic E-state index is 0.00859. The number of benzene rings is 1. The van der Waals surface area contributed by atoms with E-state index in [1.54, 1.807) is 0 Å². The summed E-state index contributed by atoms with van der Waals surface area (Å²) >= 11 is 0. The lowest BCUT2D eigenvalue weighted by molar-refractivity contribution is 0.245. The highest BCUT2D eigenvalue weighted by molar-refractivity contribution is 5.68. The van der Waals surface area contributed by atoms with Crippen LogP contribution in [0.2, 0.25) is 0 Å². The second kappa shape index (κ2) is 4.24. The molecule has 0 aliphatic carbocycles. The number of hydroxylamine groups is 1. The van der Waals surface area contributed by atoms with Crippen molar-refractivity contribution in [1.82, 2.24) is 0 Å². The zero-order chi connectivity index (χ0) is 15.5. The Kier molecular flexibility index (Phi) is 3.26. The summed E-state index contributed by atoms with van der Waals surface area (Å²) in [6, 6.07) is 4.57. The van der Waals surface area contributed by atoms with Crippen molar-refractivity contribution in [2.75, 3.05) is 11.6 Å². The first-order valence-electron chi connectivity index (χ1n) is 7.50. The standard InChI is InChI=1S/C18H29NO/c1-16(2,3)12-9-13(17(4,5)6)15-14(10-12)18(7,8)11-19(15)20/h9-10,20H,11H2,1-8H3. The lowest BCUT2D eigenvalue weighted by atomic mass is 9.75. The summed E-state index contributed by atoms with van der Waals surface area (Å²) in [5, 5.41) is 11.8. The van der Waals surface area contributed by atoms with Gasteiger partial charge in [0.15, 0.2) is 0 Å². The molecule has 20 heavy (non-hydrogen) atoms. The first kappa shape index (κ1) is 15.4. The van der Waals surface area contributed by atoms with Gasteiger partial charge in [0.2, 0.25) is 0 Å². The highest BCUT2D eigenvalue weighted by atomic mass is 16.5. The number of anilines is 1. The molecule has 0 atom stereocenters. The van der Waals surface area contributed by atoms with Crippen LogP contribution in [-0.2, 0) is 16.2 Å². The van der Waals surface area contributed by atoms with Crippen LogP contribution in [0.5, 0.6) is 0 Å². The van der Waals surface area contributed by atoms with Gasteiger partial charge >= 0.3 is 0 Å². The highest BCUT2D eigenvalue weighted by Crippen LogP contribution is 2.47. The monoisotopic (exact) mass is 275 g/mol. The van der Waals surface area contributed by atoms with Crippen LogP contribution >= 0.6 is 0 Å². The van der Waals surface area contributed by atoms with Crippen molar-refractivity contribution in [2.45, 2.75) is 71.6 Å². The molecule has 112 valence electrons. The number of rotatable bonds is 0. The third-order valence-electron chi connectivity index (χ3n) is 4.32. The van der Waals surface area contributed by atoms with Crippen molar-refractivity contribution in [3.8, 4) is 0 Å². The largest absolute Gasteiger partial charge is 0.288 e. The third-order valence-corrected chi connectivity index (χ3v) is 4.32. The van der Waals surface area contributed by atoms with Gasteiger partial charge in [-0.1, -0.05) is 67.5 Å². The van der Waals surface area contributed by atoms with Crippen molar-refractivity contribution in [3.05, 3.63) is 28.8 Å². The van der Waals surface area contributed by atoms with Crippen molar-refractivity contribution < 1.29 is 5.21 Å². The van der Waals surface area contributed by atoms with Crippen molar-refractivity contribution >= 4 is 5.69 Å². The van der Waals surface area contributed by atoms with Crippen LogP contribution in [-0.4, -0.2) is 11.8 Å². The third kappa shape index (κ3) is 2.46. The normalized spacial score (nSPS) is 18.4. The van der Waals surface area contributed by atoms with Crippen LogP contribution in [0.15, 0.2) is 12.1 Å². The summed E-state index contributed by atoms with van der Waals surface area (Å²) in [5.74, 6) is 0. The summed E-state index contributed by atoms with van der Waals surface area (Å²) < 4.78 is 0. The SMILES string of the molecule is CC(C)(C)c1cc(C(C)(C)C)c2c(c1)C(C)(C)CN2O. The van der Waals surface area contributed by atoms with E-state index in [1.165, 1.54) is 21.8 Å². The molecule has 2 heteroatoms. The first-order chi connectivity index (χ1) is 8.84. The molecule has 2 nitrogen and oxygen atoms in total. The van der Waals surface area contributed by atoms with Gasteiger partial charge in [-0.3, -0.25) is 10.3 Å². The molecule has 2 rings (SSSR count). The molecule has 1 aromatic carbocycles. The Labute approximate surface area is 123 Å². The Morgan fingerprint density at radius 2 is 1.55 bits per heavy atom. The van der Waals surface area contributed by atoms with E-state index in [1.807, 2.05) is 0 Å². The molecule has 0 amide bonds. The van der Waals surface area contributed by atoms with Gasteiger partial charge in [0.05, 0.1) is 12.2 Å². The molecule has 1 aromatic rings. The van der Waals surface area contributed by atoms with Gasteiger partial charge in [-0.15, -0.1) is 0 Å². The van der Waals surface area contributed by atoms with Crippen LogP contribution in [0, 0.1) is 0 Å². The van der Waals surface area contributed by atoms with Crippen molar-refractivity contribution in [2.24, 2.45) is 0 Å². The molecular weight excluding hydrogens is 246 g/mol. The number of nitrogens with zero attached hydrogens (tertiary/aromatic N) is 1. The van der Waals surface area contributed by atoms with Gasteiger partial charge < -0.3 is 0 Å². The van der Waals surface area contributed by atoms with Crippen LogP contribution < -0.4 is 5.06 Å². The molecule has 0 radical (unpaired) electrons. The maximum Gasteiger partial charge on any atom is 0.0710 e. The molecule has 1 heterocycles. The zero-order valence-electron chi connectivity index (χ0n) is 14.3. The van der Waals surface area contributed by atoms with Crippen molar-refractivity contribution in [3.63, 3.8) is 0 Å². The average Bonchev–Trinajstić information content (AvgIpc) is 2.46. The predicted molar refractivity (Wildman–Crippen MR) is 86.0 cm³/mol. The summed E-state index contributed by atoms with van der Waals surface area (Å²) in [4.78, 5) is 0. The van der Waals surface area contributed by atoms with Crippen LogP contribution in [0.25, 0.3) is 0 Å². The molecule has 0 aromatic heterocycles. The fourth-order valence-corrected chi connectivity index (χ4v) is 2.97. The van der Waals surface area contributed by atoms with E-state index in [2.05, 4.69) is 67.5 Å². The summed E-state index contributed by atoms with van der Waals surface area (Å²) in [6.07, 6.45) is 0. The molecule has 0 saturated carbocycles. The van der Waals surface area contributed by atoms with E-state index < -0.39 is 0 Å². The van der Waals surface area contributed by atoms with Gasteiger partial charge in [-0.05, 0) is 27.5 Å². The Morgan fingerprint density at radius 1 is 1.00 bits per heavy atom. The Hall–Kier alpha value is -1.02. The van der Waals surface area contributed by atoms with E-state index in [9.17, 15) is 5.21 Å². The summed E-state index contributed by atoms with van der Waals surface area (Å²) in [7, 11) is 0. The lowest BCUT2D eigenvalue weighted by Gasteiger charge is -2.29. The number of hydrogen-bond acceptors (Lipinski definition) is 2. The molecule has 1 aliphatic rings. The molecule has 0 fully saturated rings. The molecule has 0 saturated heterocycles. The molecule has 1 aliphatic heterocycles. The predicted octanol–water partition coefficient (Wildman–Crippen LogP) is 4.77. The van der Waals surface area contributed by atoms with E-state index in [0.29, 0.717) is 6.54 Å². The van der Waals surface area contributed by atoms with E-state index in [4.69, 9.17) is 0 Å². The molecule has 1 N–H and O–H groups in total. The maximum absolute atomic E-state index is 10.4. The minimum Gasteiger partial charge on any atom is -0.288 e. The summed E-state index contributed by atoms with van der Waals surface area (Å²) in [5.41, 5.74) is 5.02. The quantitative estimate of drug-likeness (QED) is 0.737. The number of fused-ring (bicyclic) bond motifs is 1. The van der Waals surface area contributed by atoms with Gasteiger partial charge in [0.1, 0.15) is 0 Å². The van der Waals surface area contributed by atoms with Gasteiger partial charge in [-0.25, -0.2) is 0 Å². The Morgan fingerprint density at radius 3 is 2.00 bits per heavy atom. The van der Waals surface area contributed by atoms with Crippen molar-refractivity contribution in [1.29, 1.82) is 0 Å². The lowest BCUT2D eigenvalue weighted by Crippen LogP contribution is -2.26. The van der Waals surface area contributed by atoms with Gasteiger partial charge in [0.25, 0.3) is 0 Å². The van der Waals surface area contributed by atoms with E-state index >= 15 is 0 Å². The first-order valence-corrected chi connectivity index (χ1v) is 7.50. The number of hydrogen-bond donors (Lipinski definition) is 1. The fraction of sp³-hybridized carbons (Fsp3) is 0.667. The fourth-order valence-electron chi connectivity index (χ4n) is 2.97. The van der Waals surface area contributed by atoms with Gasteiger partial charge in [-0.2, -0.15) is 0 Å². The van der Waals surface area contributed by atoms with Gasteiger partial charge in [0, 0.05) is 5.41 Å². The average molecular weight is 275 g/mol. The van der Waals surface area contributed by atoms with Crippen LogP contribution in [0.4, 0.5) is 5.69 Å². The smallest absolute Gasteiger partial charge is 0.0710 e. The van der Waals surface area contributed by atoms with E-state index in [-0.39, 0.29) is 16.2 Å². The van der Waals surface area contributed by atoms with Crippen LogP contribution in [0.3, 0.4) is 0 Å². The van der Waals surface area contributed by atoms with E-state index in [0.717, 1.165) is 5.69 Å². The highest BCUT2D eigenvalue weighted by Gasteiger charge is 2.39. The second-order valence-electron chi connectivity index (χ2n) is 8.86. The van der Waals surface area contributed by atoms with Crippen LogP contribution in [0.1, 0.15) is 72.1 Å². The zero-order valence-corrected chi connectivity index (χ0v) is 14.3. The maximum atomic E-state index is 10.4. The Bertz CT molecular complexity index is 530. The molecule has 0 spiro atoms. The minimum atomic E-state index is -0.00859.